The van der Waals surface area contributed by atoms with Crippen molar-refractivity contribution in [3.63, 3.8) is 0 Å². The van der Waals surface area contributed by atoms with Gasteiger partial charge in [-0.25, -0.2) is 4.99 Å². The number of guanidine groups is 1. The second kappa shape index (κ2) is 10.4. The smallest absolute Gasteiger partial charge is 0.191 e. The molecular weight excluding hydrogens is 429 g/mol. The van der Waals surface area contributed by atoms with Gasteiger partial charge in [-0.3, -0.25) is 9.36 Å². The van der Waals surface area contributed by atoms with Gasteiger partial charge in [0.1, 0.15) is 0 Å². The minimum absolute atomic E-state index is 0. The quantitative estimate of drug-likeness (QED) is 0.379. The predicted molar refractivity (Wildman–Crippen MR) is 112 cm³/mol. The Kier molecular flexibility index (Phi) is 8.95. The van der Waals surface area contributed by atoms with E-state index in [1.165, 1.54) is 5.69 Å². The summed E-state index contributed by atoms with van der Waals surface area (Å²) in [7, 11) is 1.93. The molecule has 0 aliphatic rings. The molecule has 7 nitrogen and oxygen atoms in total. The fourth-order valence-corrected chi connectivity index (χ4v) is 2.55. The predicted octanol–water partition coefficient (Wildman–Crippen LogP) is 2.24. The number of aryl methyl sites for hydroxylation is 3. The average molecular weight is 459 g/mol. The average Bonchev–Trinajstić information content (AvgIpc) is 3.07. The van der Waals surface area contributed by atoms with E-state index in [1.807, 2.05) is 24.7 Å². The number of aliphatic imine (C=N–C) groups is 1. The zero-order valence-electron chi connectivity index (χ0n) is 15.8. The molecule has 0 fully saturated rings. The van der Waals surface area contributed by atoms with Crippen LogP contribution in [0.1, 0.15) is 30.9 Å². The van der Waals surface area contributed by atoms with Crippen molar-refractivity contribution >= 4 is 29.9 Å². The zero-order chi connectivity index (χ0) is 17.5. The third-order valence-electron chi connectivity index (χ3n) is 3.87. The highest BCUT2D eigenvalue weighted by molar-refractivity contribution is 14.0. The van der Waals surface area contributed by atoms with Crippen molar-refractivity contribution < 1.29 is 0 Å². The van der Waals surface area contributed by atoms with Crippen molar-refractivity contribution in [2.45, 2.75) is 40.8 Å². The molecule has 140 valence electrons. The van der Waals surface area contributed by atoms with Crippen LogP contribution in [-0.2, 0) is 20.1 Å². The third-order valence-corrected chi connectivity index (χ3v) is 3.87. The van der Waals surface area contributed by atoms with Gasteiger partial charge in [-0.15, -0.1) is 24.0 Å². The summed E-state index contributed by atoms with van der Waals surface area (Å²) in [6, 6.07) is 4.10. The molecule has 0 spiro atoms. The molecule has 1 unspecified atom stereocenters. The van der Waals surface area contributed by atoms with Gasteiger partial charge in [0.25, 0.3) is 0 Å². The molecule has 8 heteroatoms. The standard InChI is InChI=1S/C17H29N7.HI/c1-6-18-17(20-11-16-7-8-21-23(16)5)19-10-13(2)12-24-15(4)9-14(3)22-24;/h7-9,13H,6,10-12H2,1-5H3,(H2,18,19,20);1H. The van der Waals surface area contributed by atoms with E-state index in [-0.39, 0.29) is 24.0 Å². The van der Waals surface area contributed by atoms with Crippen molar-refractivity contribution in [1.29, 1.82) is 0 Å². The molecular formula is C17H30IN7. The van der Waals surface area contributed by atoms with E-state index < -0.39 is 0 Å². The highest BCUT2D eigenvalue weighted by Gasteiger charge is 2.08. The molecule has 2 rings (SSSR count). The first-order chi connectivity index (χ1) is 11.5. The molecule has 25 heavy (non-hydrogen) atoms. The minimum atomic E-state index is 0. The van der Waals surface area contributed by atoms with Gasteiger partial charge < -0.3 is 10.6 Å². The topological polar surface area (TPSA) is 72.1 Å². The summed E-state index contributed by atoms with van der Waals surface area (Å²) >= 11 is 0. The molecule has 2 N–H and O–H groups in total. The van der Waals surface area contributed by atoms with Crippen molar-refractivity contribution in [1.82, 2.24) is 30.2 Å². The van der Waals surface area contributed by atoms with Gasteiger partial charge in [-0.2, -0.15) is 10.2 Å². The van der Waals surface area contributed by atoms with Crippen LogP contribution in [0.25, 0.3) is 0 Å². The van der Waals surface area contributed by atoms with Crippen molar-refractivity contribution in [3.8, 4) is 0 Å². The number of halogens is 1. The number of nitrogens with one attached hydrogen (secondary N) is 2. The summed E-state index contributed by atoms with van der Waals surface area (Å²) in [5.41, 5.74) is 3.36. The largest absolute Gasteiger partial charge is 0.357 e. The highest BCUT2D eigenvalue weighted by atomic mass is 127. The van der Waals surface area contributed by atoms with Crippen LogP contribution in [0.15, 0.2) is 23.3 Å². The van der Waals surface area contributed by atoms with E-state index in [0.29, 0.717) is 12.5 Å². The van der Waals surface area contributed by atoms with Crippen molar-refractivity contribution in [2.24, 2.45) is 18.0 Å². The lowest BCUT2D eigenvalue weighted by atomic mass is 10.2. The van der Waals surface area contributed by atoms with Crippen LogP contribution in [0.3, 0.4) is 0 Å². The van der Waals surface area contributed by atoms with Crippen LogP contribution < -0.4 is 10.6 Å². The Morgan fingerprint density at radius 2 is 2.08 bits per heavy atom. The van der Waals surface area contributed by atoms with Crippen LogP contribution in [0, 0.1) is 19.8 Å². The molecule has 2 aromatic heterocycles. The van der Waals surface area contributed by atoms with Gasteiger partial charge in [0.05, 0.1) is 17.9 Å². The van der Waals surface area contributed by atoms with E-state index >= 15 is 0 Å². The molecule has 0 saturated carbocycles. The number of nitrogens with zero attached hydrogens (tertiary/aromatic N) is 5. The molecule has 0 aliphatic carbocycles. The third kappa shape index (κ3) is 6.68. The van der Waals surface area contributed by atoms with Crippen LogP contribution in [0.4, 0.5) is 0 Å². The van der Waals surface area contributed by atoms with Crippen LogP contribution >= 0.6 is 24.0 Å². The van der Waals surface area contributed by atoms with Crippen molar-refractivity contribution in [3.05, 3.63) is 35.4 Å². The van der Waals surface area contributed by atoms with Gasteiger partial charge >= 0.3 is 0 Å². The van der Waals surface area contributed by atoms with Crippen molar-refractivity contribution in [2.75, 3.05) is 13.1 Å². The molecule has 1 atom stereocenters. The first-order valence-corrected chi connectivity index (χ1v) is 8.49. The van der Waals surface area contributed by atoms with Crippen LogP contribution in [0.2, 0.25) is 0 Å². The fraction of sp³-hybridized carbons (Fsp3) is 0.588. The molecule has 0 aromatic carbocycles. The Balaban J connectivity index is 0.00000312. The summed E-state index contributed by atoms with van der Waals surface area (Å²) in [6.45, 7) is 11.6. The number of aromatic nitrogens is 4. The lowest BCUT2D eigenvalue weighted by molar-refractivity contribution is 0.436. The Morgan fingerprint density at radius 1 is 1.32 bits per heavy atom. The number of hydrogen-bond acceptors (Lipinski definition) is 3. The first-order valence-electron chi connectivity index (χ1n) is 8.49. The molecule has 0 amide bonds. The normalized spacial score (nSPS) is 12.6. The minimum Gasteiger partial charge on any atom is -0.357 e. The highest BCUT2D eigenvalue weighted by Crippen LogP contribution is 2.06. The van der Waals surface area contributed by atoms with E-state index in [1.54, 1.807) is 6.20 Å². The van der Waals surface area contributed by atoms with Crippen LogP contribution in [0.5, 0.6) is 0 Å². The van der Waals surface area contributed by atoms with E-state index in [2.05, 4.69) is 57.3 Å². The second-order valence-corrected chi connectivity index (χ2v) is 6.24. The fourth-order valence-electron chi connectivity index (χ4n) is 2.55. The Morgan fingerprint density at radius 3 is 2.64 bits per heavy atom. The molecule has 0 bridgehead atoms. The Bertz CT molecular complexity index is 674. The van der Waals surface area contributed by atoms with Crippen LogP contribution in [-0.4, -0.2) is 38.6 Å². The van der Waals surface area contributed by atoms with E-state index in [0.717, 1.165) is 37.0 Å². The maximum atomic E-state index is 4.63. The lowest BCUT2D eigenvalue weighted by Gasteiger charge is -2.16. The molecule has 0 radical (unpaired) electrons. The van der Waals surface area contributed by atoms with Gasteiger partial charge in [0.2, 0.25) is 0 Å². The number of rotatable bonds is 7. The monoisotopic (exact) mass is 459 g/mol. The summed E-state index contributed by atoms with van der Waals surface area (Å²) in [6.07, 6.45) is 1.79. The summed E-state index contributed by atoms with van der Waals surface area (Å²) in [4.78, 5) is 4.63. The maximum absolute atomic E-state index is 4.63. The van der Waals surface area contributed by atoms with Gasteiger partial charge in [-0.05, 0) is 38.8 Å². The number of hydrogen-bond donors (Lipinski definition) is 2. The van der Waals surface area contributed by atoms with E-state index in [4.69, 9.17) is 0 Å². The zero-order valence-corrected chi connectivity index (χ0v) is 18.1. The van der Waals surface area contributed by atoms with Gasteiger partial charge in [0.15, 0.2) is 5.96 Å². The molecule has 2 aromatic rings. The molecule has 0 saturated heterocycles. The molecule has 2 heterocycles. The van der Waals surface area contributed by atoms with Gasteiger partial charge in [-0.1, -0.05) is 6.92 Å². The maximum Gasteiger partial charge on any atom is 0.191 e. The Labute approximate surface area is 167 Å². The summed E-state index contributed by atoms with van der Waals surface area (Å²) in [5, 5.41) is 15.4. The second-order valence-electron chi connectivity index (χ2n) is 6.24. The summed E-state index contributed by atoms with van der Waals surface area (Å²) < 4.78 is 3.92. The first kappa shape index (κ1) is 21.5. The molecule has 0 aliphatic heterocycles. The lowest BCUT2D eigenvalue weighted by Crippen LogP contribution is -2.40. The Hall–Kier alpha value is -1.58. The van der Waals surface area contributed by atoms with Gasteiger partial charge in [0, 0.05) is 38.6 Å². The van der Waals surface area contributed by atoms with E-state index in [9.17, 15) is 0 Å². The summed E-state index contributed by atoms with van der Waals surface area (Å²) in [5.74, 6) is 1.28. The SMILES string of the molecule is CCNC(=NCc1ccnn1C)NCC(C)Cn1nc(C)cc1C.I.